The van der Waals surface area contributed by atoms with E-state index >= 15 is 0 Å². The number of nitrogens with one attached hydrogen (secondary N) is 2. The number of pyridine rings is 1. The molecule has 140 valence electrons. The van der Waals surface area contributed by atoms with Crippen LogP contribution in [0.25, 0.3) is 11.0 Å². The number of hydrogen-bond acceptors (Lipinski definition) is 5. The Labute approximate surface area is 154 Å². The molecule has 0 spiro atoms. The molecule has 0 saturated heterocycles. The van der Waals surface area contributed by atoms with Crippen molar-refractivity contribution in [3.63, 3.8) is 0 Å². The highest BCUT2D eigenvalue weighted by Crippen LogP contribution is 2.29. The van der Waals surface area contributed by atoms with Crippen LogP contribution in [0.5, 0.6) is 5.75 Å². The topological polar surface area (TPSA) is 90.3 Å². The van der Waals surface area contributed by atoms with Gasteiger partial charge in [-0.05, 0) is 30.2 Å². The van der Waals surface area contributed by atoms with Gasteiger partial charge in [-0.15, -0.1) is 0 Å². The van der Waals surface area contributed by atoms with Crippen molar-refractivity contribution in [2.24, 2.45) is 7.05 Å². The van der Waals surface area contributed by atoms with Crippen molar-refractivity contribution in [3.05, 3.63) is 47.5 Å². The second-order valence-corrected chi connectivity index (χ2v) is 6.16. The first-order valence-corrected chi connectivity index (χ1v) is 8.45. The minimum absolute atomic E-state index is 0.142. The zero-order valence-electron chi connectivity index (χ0n) is 14.7. The molecule has 0 fully saturated rings. The van der Waals surface area contributed by atoms with E-state index in [0.29, 0.717) is 47.8 Å². The van der Waals surface area contributed by atoms with Gasteiger partial charge in [-0.3, -0.25) is 4.68 Å². The van der Waals surface area contributed by atoms with Crippen LogP contribution >= 0.6 is 0 Å². The molecule has 9 heteroatoms. The molecule has 8 nitrogen and oxygen atoms in total. The smallest absolute Gasteiger partial charge is 0.319 e. The van der Waals surface area contributed by atoms with Crippen molar-refractivity contribution in [1.82, 2.24) is 20.1 Å². The van der Waals surface area contributed by atoms with Gasteiger partial charge in [0.05, 0.1) is 23.9 Å². The van der Waals surface area contributed by atoms with E-state index in [0.717, 1.165) is 5.39 Å². The van der Waals surface area contributed by atoms with Gasteiger partial charge < -0.3 is 20.1 Å². The van der Waals surface area contributed by atoms with Gasteiger partial charge in [0.25, 0.3) is 0 Å². The maximum absolute atomic E-state index is 13.8. The van der Waals surface area contributed by atoms with Crippen LogP contribution in [0.2, 0.25) is 0 Å². The standard InChI is InChI=1S/C18H18FN5O3/c1-24-17-14(8-22-24)15(3-5-20-17)23-18(25)21-4-2-11-6-13(19)7-12-9-26-10-27-16(11)12/h3,5-8H,2,4,9-10H2,1H3,(H2,20,21,23,25). The number of carbonyl (C=O) groups excluding carboxylic acids is 1. The summed E-state index contributed by atoms with van der Waals surface area (Å²) in [4.78, 5) is 16.4. The maximum Gasteiger partial charge on any atom is 0.319 e. The molecule has 3 heterocycles. The summed E-state index contributed by atoms with van der Waals surface area (Å²) in [6.07, 6.45) is 3.70. The number of rotatable bonds is 4. The van der Waals surface area contributed by atoms with E-state index in [4.69, 9.17) is 9.47 Å². The summed E-state index contributed by atoms with van der Waals surface area (Å²) in [5.74, 6) is 0.286. The molecule has 4 rings (SSSR count). The van der Waals surface area contributed by atoms with Gasteiger partial charge in [0.2, 0.25) is 0 Å². The number of carbonyl (C=O) groups is 1. The van der Waals surface area contributed by atoms with Gasteiger partial charge in [0.15, 0.2) is 12.4 Å². The highest BCUT2D eigenvalue weighted by Gasteiger charge is 2.17. The largest absolute Gasteiger partial charge is 0.467 e. The second-order valence-electron chi connectivity index (χ2n) is 6.16. The third-order valence-electron chi connectivity index (χ3n) is 4.32. The third kappa shape index (κ3) is 3.54. The molecule has 3 aromatic rings. The molecule has 1 aromatic carbocycles. The molecule has 0 saturated carbocycles. The zero-order valence-corrected chi connectivity index (χ0v) is 14.7. The number of hydrogen-bond donors (Lipinski definition) is 2. The lowest BCUT2D eigenvalue weighted by molar-refractivity contribution is -0.0172. The number of fused-ring (bicyclic) bond motifs is 2. The molecule has 1 aliphatic heterocycles. The van der Waals surface area contributed by atoms with E-state index in [-0.39, 0.29) is 18.6 Å². The average molecular weight is 371 g/mol. The molecule has 1 aliphatic rings. The Morgan fingerprint density at radius 1 is 1.41 bits per heavy atom. The molecule has 2 aromatic heterocycles. The summed E-state index contributed by atoms with van der Waals surface area (Å²) < 4.78 is 26.0. The number of aryl methyl sites for hydroxylation is 1. The number of nitrogens with zero attached hydrogens (tertiary/aromatic N) is 3. The van der Waals surface area contributed by atoms with Gasteiger partial charge in [-0.1, -0.05) is 0 Å². The fraction of sp³-hybridized carbons (Fsp3) is 0.278. The van der Waals surface area contributed by atoms with E-state index < -0.39 is 0 Å². The monoisotopic (exact) mass is 371 g/mol. The Hall–Kier alpha value is -3.20. The molecular formula is C18H18FN5O3. The summed E-state index contributed by atoms with van der Waals surface area (Å²) in [6, 6.07) is 4.17. The lowest BCUT2D eigenvalue weighted by Gasteiger charge is -2.21. The number of aromatic nitrogens is 3. The molecule has 0 radical (unpaired) electrons. The number of urea groups is 1. The summed E-state index contributed by atoms with van der Waals surface area (Å²) in [5, 5.41) is 10.5. The van der Waals surface area contributed by atoms with Crippen LogP contribution in [0.15, 0.2) is 30.6 Å². The third-order valence-corrected chi connectivity index (χ3v) is 4.32. The van der Waals surface area contributed by atoms with Crippen molar-refractivity contribution in [2.75, 3.05) is 18.7 Å². The molecule has 0 bridgehead atoms. The van der Waals surface area contributed by atoms with Crippen LogP contribution in [0, 0.1) is 5.82 Å². The maximum atomic E-state index is 13.8. The quantitative estimate of drug-likeness (QED) is 0.735. The zero-order chi connectivity index (χ0) is 18.8. The highest BCUT2D eigenvalue weighted by molar-refractivity contribution is 5.99. The summed E-state index contributed by atoms with van der Waals surface area (Å²) >= 11 is 0. The number of halogens is 1. The SMILES string of the molecule is Cn1ncc2c(NC(=O)NCCc3cc(F)cc4c3OCOC4)ccnc21. The van der Waals surface area contributed by atoms with E-state index in [9.17, 15) is 9.18 Å². The Bertz CT molecular complexity index is 1000. The van der Waals surface area contributed by atoms with Crippen molar-refractivity contribution in [1.29, 1.82) is 0 Å². The van der Waals surface area contributed by atoms with Crippen LogP contribution in [0.4, 0.5) is 14.9 Å². The van der Waals surface area contributed by atoms with Crippen molar-refractivity contribution in [3.8, 4) is 5.75 Å². The van der Waals surface area contributed by atoms with Crippen LogP contribution in [-0.4, -0.2) is 34.1 Å². The minimum Gasteiger partial charge on any atom is -0.467 e. The highest BCUT2D eigenvalue weighted by atomic mass is 19.1. The van der Waals surface area contributed by atoms with E-state index in [1.165, 1.54) is 12.1 Å². The summed E-state index contributed by atoms with van der Waals surface area (Å²) in [7, 11) is 1.78. The van der Waals surface area contributed by atoms with Gasteiger partial charge in [-0.25, -0.2) is 14.2 Å². The van der Waals surface area contributed by atoms with E-state index in [2.05, 4.69) is 20.7 Å². The average Bonchev–Trinajstić information content (AvgIpc) is 3.04. The first-order chi connectivity index (χ1) is 13.1. The van der Waals surface area contributed by atoms with Gasteiger partial charge in [0.1, 0.15) is 11.6 Å². The molecular weight excluding hydrogens is 353 g/mol. The first-order valence-electron chi connectivity index (χ1n) is 8.45. The number of anilines is 1. The van der Waals surface area contributed by atoms with E-state index in [1.54, 1.807) is 30.2 Å². The normalized spacial score (nSPS) is 13.1. The van der Waals surface area contributed by atoms with Gasteiger partial charge in [-0.2, -0.15) is 5.10 Å². The molecule has 0 atom stereocenters. The second kappa shape index (κ2) is 7.20. The van der Waals surface area contributed by atoms with Gasteiger partial charge >= 0.3 is 6.03 Å². The molecule has 27 heavy (non-hydrogen) atoms. The van der Waals surface area contributed by atoms with Crippen LogP contribution < -0.4 is 15.4 Å². The van der Waals surface area contributed by atoms with Crippen LogP contribution in [0.3, 0.4) is 0 Å². The predicted molar refractivity (Wildman–Crippen MR) is 95.9 cm³/mol. The Balaban J connectivity index is 1.39. The summed E-state index contributed by atoms with van der Waals surface area (Å²) in [5.41, 5.74) is 2.68. The van der Waals surface area contributed by atoms with Gasteiger partial charge in [0, 0.05) is 25.4 Å². The first kappa shape index (κ1) is 17.2. The Morgan fingerprint density at radius 2 is 2.30 bits per heavy atom. The lowest BCUT2D eigenvalue weighted by atomic mass is 10.1. The fourth-order valence-corrected chi connectivity index (χ4v) is 3.07. The lowest BCUT2D eigenvalue weighted by Crippen LogP contribution is -2.30. The van der Waals surface area contributed by atoms with Crippen molar-refractivity contribution < 1.29 is 18.7 Å². The number of ether oxygens (including phenoxy) is 2. The van der Waals surface area contributed by atoms with Crippen molar-refractivity contribution in [2.45, 2.75) is 13.0 Å². The Morgan fingerprint density at radius 3 is 3.19 bits per heavy atom. The van der Waals surface area contributed by atoms with Crippen molar-refractivity contribution >= 4 is 22.8 Å². The summed E-state index contributed by atoms with van der Waals surface area (Å²) in [6.45, 7) is 0.785. The number of benzene rings is 1. The minimum atomic E-state index is -0.360. The van der Waals surface area contributed by atoms with E-state index in [1.807, 2.05) is 0 Å². The molecule has 2 N–H and O–H groups in total. The molecule has 2 amide bonds. The predicted octanol–water partition coefficient (Wildman–Crippen LogP) is 2.34. The van der Waals surface area contributed by atoms with Crippen LogP contribution in [0.1, 0.15) is 11.1 Å². The fourth-order valence-electron chi connectivity index (χ4n) is 3.07. The molecule has 0 unspecified atom stereocenters. The Kier molecular flexibility index (Phi) is 4.59. The van der Waals surface area contributed by atoms with Crippen LogP contribution in [-0.2, 0) is 24.8 Å². The molecule has 0 aliphatic carbocycles. The number of amides is 2.